The average Bonchev–Trinajstić information content (AvgIpc) is 2.64. The van der Waals surface area contributed by atoms with Gasteiger partial charge in [-0.05, 0) is 30.5 Å². The minimum atomic E-state index is -0.0962. The number of ether oxygens (including phenoxy) is 2. The zero-order valence-electron chi connectivity index (χ0n) is 12.7. The molecule has 116 valence electrons. The molecule has 1 fully saturated rings. The first-order valence-electron chi connectivity index (χ1n) is 7.35. The summed E-state index contributed by atoms with van der Waals surface area (Å²) in [5, 5.41) is 0. The highest BCUT2D eigenvalue weighted by Crippen LogP contribution is 2.30. The first kappa shape index (κ1) is 15.8. The van der Waals surface area contributed by atoms with Crippen molar-refractivity contribution in [3.63, 3.8) is 0 Å². The summed E-state index contributed by atoms with van der Waals surface area (Å²) in [5.74, 6) is 0.955. The van der Waals surface area contributed by atoms with E-state index in [9.17, 15) is 4.79 Å². The van der Waals surface area contributed by atoms with Gasteiger partial charge >= 0.3 is 0 Å². The van der Waals surface area contributed by atoms with Gasteiger partial charge in [0.05, 0.1) is 19.8 Å². The van der Waals surface area contributed by atoms with E-state index in [2.05, 4.69) is 0 Å². The number of carbonyl (C=O) groups is 1. The summed E-state index contributed by atoms with van der Waals surface area (Å²) in [7, 11) is 3.28. The zero-order valence-corrected chi connectivity index (χ0v) is 12.7. The summed E-state index contributed by atoms with van der Waals surface area (Å²) in [6, 6.07) is 7.64. The van der Waals surface area contributed by atoms with Gasteiger partial charge in [-0.25, -0.2) is 0 Å². The number of rotatable bonds is 5. The van der Waals surface area contributed by atoms with E-state index in [1.807, 2.05) is 29.2 Å². The maximum atomic E-state index is 12.4. The normalized spacial score (nSPS) is 23.0. The van der Waals surface area contributed by atoms with Crippen molar-refractivity contribution in [1.29, 1.82) is 0 Å². The highest BCUT2D eigenvalue weighted by molar-refractivity contribution is 5.77. The highest BCUT2D eigenvalue weighted by Gasteiger charge is 2.32. The topological polar surface area (TPSA) is 64.8 Å². The van der Waals surface area contributed by atoms with E-state index in [4.69, 9.17) is 15.2 Å². The molecule has 1 heterocycles. The summed E-state index contributed by atoms with van der Waals surface area (Å²) >= 11 is 0. The van der Waals surface area contributed by atoms with Crippen molar-refractivity contribution in [3.8, 4) is 5.75 Å². The number of hydrogen-bond donors (Lipinski definition) is 1. The molecule has 5 heteroatoms. The quantitative estimate of drug-likeness (QED) is 0.897. The van der Waals surface area contributed by atoms with Gasteiger partial charge in [0.1, 0.15) is 5.75 Å². The molecule has 2 N–H and O–H groups in total. The van der Waals surface area contributed by atoms with E-state index < -0.39 is 0 Å². The van der Waals surface area contributed by atoms with Crippen LogP contribution in [0.3, 0.4) is 0 Å². The Bertz CT molecular complexity index is 461. The van der Waals surface area contributed by atoms with Crippen LogP contribution in [0.25, 0.3) is 0 Å². The molecule has 21 heavy (non-hydrogen) atoms. The molecule has 1 amide bonds. The van der Waals surface area contributed by atoms with Crippen LogP contribution in [0.15, 0.2) is 24.3 Å². The Hall–Kier alpha value is -1.59. The third kappa shape index (κ3) is 3.74. The number of methoxy groups -OCH3 is 2. The third-order valence-corrected chi connectivity index (χ3v) is 3.98. The van der Waals surface area contributed by atoms with Crippen LogP contribution in [0, 0.1) is 0 Å². The largest absolute Gasteiger partial charge is 0.497 e. The molecule has 0 spiro atoms. The SMILES string of the molecule is COCCN1C(=O)CCCC(N)C1c1ccc(OC)cc1. The van der Waals surface area contributed by atoms with Crippen molar-refractivity contribution in [3.05, 3.63) is 29.8 Å². The molecule has 2 rings (SSSR count). The van der Waals surface area contributed by atoms with Gasteiger partial charge in [-0.2, -0.15) is 0 Å². The van der Waals surface area contributed by atoms with Gasteiger partial charge in [0.15, 0.2) is 0 Å². The van der Waals surface area contributed by atoms with Crippen molar-refractivity contribution in [1.82, 2.24) is 4.90 Å². The van der Waals surface area contributed by atoms with Gasteiger partial charge in [-0.3, -0.25) is 4.79 Å². The Morgan fingerprint density at radius 2 is 2.00 bits per heavy atom. The molecule has 0 radical (unpaired) electrons. The maximum Gasteiger partial charge on any atom is 0.223 e. The van der Waals surface area contributed by atoms with Crippen molar-refractivity contribution in [2.24, 2.45) is 5.73 Å². The molecule has 1 aliphatic rings. The van der Waals surface area contributed by atoms with Crippen LogP contribution < -0.4 is 10.5 Å². The molecule has 1 aromatic rings. The number of hydrogen-bond acceptors (Lipinski definition) is 4. The van der Waals surface area contributed by atoms with Gasteiger partial charge in [0.2, 0.25) is 5.91 Å². The van der Waals surface area contributed by atoms with Crippen LogP contribution >= 0.6 is 0 Å². The average molecular weight is 292 g/mol. The number of benzene rings is 1. The Labute approximate surface area is 126 Å². The molecule has 0 aromatic heterocycles. The van der Waals surface area contributed by atoms with E-state index >= 15 is 0 Å². The van der Waals surface area contributed by atoms with Crippen molar-refractivity contribution >= 4 is 5.91 Å². The van der Waals surface area contributed by atoms with Crippen LogP contribution in [-0.2, 0) is 9.53 Å². The summed E-state index contributed by atoms with van der Waals surface area (Å²) in [5.41, 5.74) is 7.39. The van der Waals surface area contributed by atoms with Gasteiger partial charge in [-0.1, -0.05) is 12.1 Å². The predicted molar refractivity (Wildman–Crippen MR) is 81.2 cm³/mol. The summed E-state index contributed by atoms with van der Waals surface area (Å²) in [6.07, 6.45) is 2.26. The monoisotopic (exact) mass is 292 g/mol. The van der Waals surface area contributed by atoms with Crippen molar-refractivity contribution < 1.29 is 14.3 Å². The molecule has 0 aliphatic carbocycles. The van der Waals surface area contributed by atoms with E-state index in [1.54, 1.807) is 14.2 Å². The lowest BCUT2D eigenvalue weighted by Gasteiger charge is -2.34. The first-order valence-corrected chi connectivity index (χ1v) is 7.35. The number of nitrogens with zero attached hydrogens (tertiary/aromatic N) is 1. The van der Waals surface area contributed by atoms with Crippen LogP contribution in [0.4, 0.5) is 0 Å². The third-order valence-electron chi connectivity index (χ3n) is 3.98. The van der Waals surface area contributed by atoms with Gasteiger partial charge in [0, 0.05) is 26.1 Å². The Kier molecular flexibility index (Phi) is 5.59. The minimum absolute atomic E-state index is 0.0540. The molecular formula is C16H24N2O3. The zero-order chi connectivity index (χ0) is 15.2. The second-order valence-electron chi connectivity index (χ2n) is 5.35. The van der Waals surface area contributed by atoms with E-state index in [-0.39, 0.29) is 18.0 Å². The molecule has 1 aromatic carbocycles. The molecule has 1 aliphatic heterocycles. The first-order chi connectivity index (χ1) is 10.2. The standard InChI is InChI=1S/C16H24N2O3/c1-20-11-10-18-15(19)5-3-4-14(17)16(18)12-6-8-13(21-2)9-7-12/h6-9,14,16H,3-5,10-11,17H2,1-2H3. The van der Waals surface area contributed by atoms with Gasteiger partial charge in [0.25, 0.3) is 0 Å². The van der Waals surface area contributed by atoms with E-state index in [1.165, 1.54) is 0 Å². The molecule has 5 nitrogen and oxygen atoms in total. The second-order valence-corrected chi connectivity index (χ2v) is 5.35. The number of likely N-dealkylation sites (tertiary alicyclic amines) is 1. The molecule has 2 unspecified atom stereocenters. The number of carbonyl (C=O) groups excluding carboxylic acids is 1. The maximum absolute atomic E-state index is 12.4. The van der Waals surface area contributed by atoms with Gasteiger partial charge < -0.3 is 20.1 Å². The molecule has 0 saturated carbocycles. The number of amides is 1. The smallest absolute Gasteiger partial charge is 0.223 e. The molecule has 1 saturated heterocycles. The minimum Gasteiger partial charge on any atom is -0.497 e. The Morgan fingerprint density at radius 1 is 1.29 bits per heavy atom. The van der Waals surface area contributed by atoms with E-state index in [0.717, 1.165) is 24.2 Å². The van der Waals surface area contributed by atoms with Gasteiger partial charge in [-0.15, -0.1) is 0 Å². The van der Waals surface area contributed by atoms with Crippen molar-refractivity contribution in [2.45, 2.75) is 31.3 Å². The highest BCUT2D eigenvalue weighted by atomic mass is 16.5. The molecule has 0 bridgehead atoms. The van der Waals surface area contributed by atoms with Crippen LogP contribution in [0.2, 0.25) is 0 Å². The lowest BCUT2D eigenvalue weighted by molar-refractivity contribution is -0.134. The van der Waals surface area contributed by atoms with Crippen LogP contribution in [0.1, 0.15) is 30.9 Å². The van der Waals surface area contributed by atoms with Crippen molar-refractivity contribution in [2.75, 3.05) is 27.4 Å². The number of nitrogens with two attached hydrogens (primary N) is 1. The molecular weight excluding hydrogens is 268 g/mol. The lowest BCUT2D eigenvalue weighted by atomic mass is 9.96. The fraction of sp³-hybridized carbons (Fsp3) is 0.562. The lowest BCUT2D eigenvalue weighted by Crippen LogP contribution is -2.43. The fourth-order valence-corrected chi connectivity index (χ4v) is 2.86. The van der Waals surface area contributed by atoms with Crippen LogP contribution in [-0.4, -0.2) is 44.2 Å². The molecule has 2 atom stereocenters. The second kappa shape index (κ2) is 7.43. The Balaban J connectivity index is 2.28. The fourth-order valence-electron chi connectivity index (χ4n) is 2.86. The summed E-state index contributed by atoms with van der Waals surface area (Å²) in [4.78, 5) is 14.2. The predicted octanol–water partition coefficient (Wildman–Crippen LogP) is 1.72. The van der Waals surface area contributed by atoms with E-state index in [0.29, 0.717) is 19.6 Å². The summed E-state index contributed by atoms with van der Waals surface area (Å²) in [6.45, 7) is 1.09. The summed E-state index contributed by atoms with van der Waals surface area (Å²) < 4.78 is 10.3. The Morgan fingerprint density at radius 3 is 2.62 bits per heavy atom. The van der Waals surface area contributed by atoms with Crippen LogP contribution in [0.5, 0.6) is 5.75 Å².